The number of ether oxygens (including phenoxy) is 1. The molecule has 2 fully saturated rings. The second-order valence-corrected chi connectivity index (χ2v) is 7.18. The normalized spacial score (nSPS) is 25.3. The van der Waals surface area contributed by atoms with Gasteiger partial charge in [-0.15, -0.1) is 0 Å². The lowest BCUT2D eigenvalue weighted by molar-refractivity contribution is -0.180. The van der Waals surface area contributed by atoms with Crippen LogP contribution >= 0.6 is 0 Å². The van der Waals surface area contributed by atoms with Crippen molar-refractivity contribution in [3.63, 3.8) is 0 Å². The van der Waals surface area contributed by atoms with Gasteiger partial charge in [0.15, 0.2) is 0 Å². The molecule has 1 aromatic carbocycles. The zero-order chi connectivity index (χ0) is 19.0. The SMILES string of the molecule is Cc1ncccc1C(=O)N1CC[C@]2(c3ccccc3)[C@@H](C1)OCC(=O)N2C. The Morgan fingerprint density at radius 2 is 2.00 bits per heavy atom. The van der Waals surface area contributed by atoms with Crippen molar-refractivity contribution >= 4 is 11.8 Å². The highest BCUT2D eigenvalue weighted by atomic mass is 16.5. The second kappa shape index (κ2) is 6.78. The van der Waals surface area contributed by atoms with Gasteiger partial charge in [-0.25, -0.2) is 0 Å². The van der Waals surface area contributed by atoms with Gasteiger partial charge in [0, 0.05) is 32.0 Å². The standard InChI is InChI=1S/C21H23N3O3/c1-15-17(9-6-11-22-15)20(26)24-12-10-21(16-7-4-3-5-8-16)18(13-24)27-14-19(25)23(21)2/h3-9,11,18H,10,12-14H2,1-2H3/t18-,21+/m1/s1. The Balaban J connectivity index is 1.67. The van der Waals surface area contributed by atoms with Gasteiger partial charge in [-0.1, -0.05) is 30.3 Å². The fourth-order valence-corrected chi connectivity index (χ4v) is 4.29. The zero-order valence-corrected chi connectivity index (χ0v) is 15.6. The number of piperidine rings is 1. The van der Waals surface area contributed by atoms with E-state index in [4.69, 9.17) is 4.74 Å². The first kappa shape index (κ1) is 17.7. The zero-order valence-electron chi connectivity index (χ0n) is 15.6. The lowest BCUT2D eigenvalue weighted by atomic mass is 9.76. The molecule has 0 radical (unpaired) electrons. The quantitative estimate of drug-likeness (QED) is 0.817. The molecule has 0 spiro atoms. The van der Waals surface area contributed by atoms with Crippen LogP contribution in [0.4, 0.5) is 0 Å². The minimum Gasteiger partial charge on any atom is -0.364 e. The summed E-state index contributed by atoms with van der Waals surface area (Å²) in [6, 6.07) is 13.6. The number of rotatable bonds is 2. The van der Waals surface area contributed by atoms with Crippen molar-refractivity contribution in [3.8, 4) is 0 Å². The molecule has 2 saturated heterocycles. The van der Waals surface area contributed by atoms with E-state index in [2.05, 4.69) is 4.98 Å². The molecule has 4 rings (SSSR count). The average molecular weight is 365 g/mol. The number of nitrogens with zero attached hydrogens (tertiary/aromatic N) is 3. The number of fused-ring (bicyclic) bond motifs is 1. The molecular weight excluding hydrogens is 342 g/mol. The van der Waals surface area contributed by atoms with Gasteiger partial charge in [0.2, 0.25) is 5.91 Å². The Morgan fingerprint density at radius 1 is 1.22 bits per heavy atom. The Hall–Kier alpha value is -2.73. The van der Waals surface area contributed by atoms with Crippen LogP contribution in [0.2, 0.25) is 0 Å². The Kier molecular flexibility index (Phi) is 4.44. The van der Waals surface area contributed by atoms with Crippen molar-refractivity contribution in [1.29, 1.82) is 0 Å². The summed E-state index contributed by atoms with van der Waals surface area (Å²) in [7, 11) is 1.84. The number of aromatic nitrogens is 1. The molecule has 2 aromatic rings. The molecule has 1 aromatic heterocycles. The number of aryl methyl sites for hydroxylation is 1. The fourth-order valence-electron chi connectivity index (χ4n) is 4.29. The van der Waals surface area contributed by atoms with Crippen LogP contribution in [0.3, 0.4) is 0 Å². The number of morpholine rings is 1. The number of hydrogen-bond donors (Lipinski definition) is 0. The van der Waals surface area contributed by atoms with Crippen molar-refractivity contribution in [2.24, 2.45) is 0 Å². The highest BCUT2D eigenvalue weighted by Crippen LogP contribution is 2.42. The number of benzene rings is 1. The third kappa shape index (κ3) is 2.80. The second-order valence-electron chi connectivity index (χ2n) is 7.18. The van der Waals surface area contributed by atoms with Crippen LogP contribution in [-0.4, -0.2) is 59.4 Å². The molecule has 140 valence electrons. The molecule has 2 atom stereocenters. The minimum absolute atomic E-state index is 0.0296. The van der Waals surface area contributed by atoms with Crippen molar-refractivity contribution in [2.45, 2.75) is 25.0 Å². The van der Waals surface area contributed by atoms with E-state index >= 15 is 0 Å². The summed E-state index contributed by atoms with van der Waals surface area (Å²) in [4.78, 5) is 33.3. The Bertz CT molecular complexity index is 870. The van der Waals surface area contributed by atoms with E-state index in [9.17, 15) is 9.59 Å². The highest BCUT2D eigenvalue weighted by Gasteiger charge is 2.53. The van der Waals surface area contributed by atoms with Crippen molar-refractivity contribution in [1.82, 2.24) is 14.8 Å². The number of carbonyl (C=O) groups excluding carboxylic acids is 2. The van der Waals surface area contributed by atoms with Gasteiger partial charge in [0.05, 0.1) is 11.1 Å². The first-order valence-electron chi connectivity index (χ1n) is 9.18. The summed E-state index contributed by atoms with van der Waals surface area (Å²) in [6.07, 6.45) is 2.06. The summed E-state index contributed by atoms with van der Waals surface area (Å²) >= 11 is 0. The molecular formula is C21H23N3O3. The molecule has 2 amide bonds. The summed E-state index contributed by atoms with van der Waals surface area (Å²) in [5.74, 6) is -0.0663. The van der Waals surface area contributed by atoms with Crippen molar-refractivity contribution in [3.05, 3.63) is 65.5 Å². The molecule has 0 N–H and O–H groups in total. The predicted octanol–water partition coefficient (Wildman–Crippen LogP) is 1.99. The molecule has 6 nitrogen and oxygen atoms in total. The highest BCUT2D eigenvalue weighted by molar-refractivity contribution is 5.95. The summed E-state index contributed by atoms with van der Waals surface area (Å²) in [5, 5.41) is 0. The topological polar surface area (TPSA) is 62.7 Å². The molecule has 27 heavy (non-hydrogen) atoms. The van der Waals surface area contributed by atoms with Gasteiger partial charge in [0.25, 0.3) is 5.91 Å². The molecule has 0 bridgehead atoms. The molecule has 2 aliphatic rings. The van der Waals surface area contributed by atoms with Gasteiger partial charge in [-0.3, -0.25) is 14.6 Å². The van der Waals surface area contributed by atoms with Crippen LogP contribution in [-0.2, 0) is 15.1 Å². The molecule has 3 heterocycles. The number of hydrogen-bond acceptors (Lipinski definition) is 4. The maximum absolute atomic E-state index is 13.0. The summed E-state index contributed by atoms with van der Waals surface area (Å²) in [6.45, 7) is 2.89. The van der Waals surface area contributed by atoms with Crippen LogP contribution in [0, 0.1) is 6.92 Å². The average Bonchev–Trinajstić information content (AvgIpc) is 2.71. The number of likely N-dealkylation sites (tertiary alicyclic amines) is 1. The van der Waals surface area contributed by atoms with Gasteiger partial charge in [0.1, 0.15) is 12.7 Å². The third-order valence-electron chi connectivity index (χ3n) is 5.86. The summed E-state index contributed by atoms with van der Waals surface area (Å²) < 4.78 is 5.97. The van der Waals surface area contributed by atoms with Crippen molar-refractivity contribution < 1.29 is 14.3 Å². The third-order valence-corrected chi connectivity index (χ3v) is 5.86. The molecule has 0 aliphatic carbocycles. The minimum atomic E-state index is -0.544. The van der Waals surface area contributed by atoms with E-state index in [-0.39, 0.29) is 24.5 Å². The van der Waals surface area contributed by atoms with Gasteiger partial charge < -0.3 is 14.5 Å². The first-order chi connectivity index (χ1) is 13.0. The van der Waals surface area contributed by atoms with Crippen LogP contribution in [0.5, 0.6) is 0 Å². The van der Waals surface area contributed by atoms with E-state index in [1.165, 1.54) is 0 Å². The predicted molar refractivity (Wildman–Crippen MR) is 100 cm³/mol. The van der Waals surface area contributed by atoms with Crippen LogP contribution < -0.4 is 0 Å². The monoisotopic (exact) mass is 365 g/mol. The maximum atomic E-state index is 13.0. The van der Waals surface area contributed by atoms with Gasteiger partial charge >= 0.3 is 0 Å². The van der Waals surface area contributed by atoms with E-state index in [0.29, 0.717) is 25.1 Å². The lowest BCUT2D eigenvalue weighted by Gasteiger charge is -2.54. The lowest BCUT2D eigenvalue weighted by Crippen LogP contribution is -2.67. The van der Waals surface area contributed by atoms with Crippen LogP contribution in [0.25, 0.3) is 0 Å². The molecule has 2 aliphatic heterocycles. The number of carbonyl (C=O) groups is 2. The molecule has 0 unspecified atom stereocenters. The van der Waals surface area contributed by atoms with Gasteiger partial charge in [-0.05, 0) is 31.0 Å². The fraction of sp³-hybridized carbons (Fsp3) is 0.381. The summed E-state index contributed by atoms with van der Waals surface area (Å²) in [5.41, 5.74) is 1.84. The van der Waals surface area contributed by atoms with Gasteiger partial charge in [-0.2, -0.15) is 0 Å². The van der Waals surface area contributed by atoms with Crippen LogP contribution in [0.15, 0.2) is 48.7 Å². The van der Waals surface area contributed by atoms with E-state index in [1.54, 1.807) is 18.3 Å². The van der Waals surface area contributed by atoms with Crippen LogP contribution in [0.1, 0.15) is 28.0 Å². The Morgan fingerprint density at radius 3 is 2.74 bits per heavy atom. The largest absolute Gasteiger partial charge is 0.364 e. The maximum Gasteiger partial charge on any atom is 0.255 e. The number of pyridine rings is 1. The molecule has 6 heteroatoms. The van der Waals surface area contributed by atoms with E-state index in [0.717, 1.165) is 11.3 Å². The molecule has 0 saturated carbocycles. The van der Waals surface area contributed by atoms with E-state index in [1.807, 2.05) is 54.1 Å². The number of likely N-dealkylation sites (N-methyl/N-ethyl adjacent to an activating group) is 1. The van der Waals surface area contributed by atoms with Crippen molar-refractivity contribution in [2.75, 3.05) is 26.7 Å². The number of amides is 2. The smallest absolute Gasteiger partial charge is 0.255 e. The first-order valence-corrected chi connectivity index (χ1v) is 9.18. The van der Waals surface area contributed by atoms with E-state index < -0.39 is 5.54 Å². The Labute approximate surface area is 158 Å².